The van der Waals surface area contributed by atoms with Gasteiger partial charge in [0.25, 0.3) is 0 Å². The van der Waals surface area contributed by atoms with E-state index < -0.39 is 5.92 Å². The quantitative estimate of drug-likeness (QED) is 0.325. The van der Waals surface area contributed by atoms with E-state index in [1.807, 2.05) is 19.1 Å². The molecule has 1 heterocycles. The van der Waals surface area contributed by atoms with Gasteiger partial charge in [-0.3, -0.25) is 9.59 Å². The molecule has 5 rings (SSSR count). The predicted molar refractivity (Wildman–Crippen MR) is 148 cm³/mol. The van der Waals surface area contributed by atoms with Gasteiger partial charge in [0.1, 0.15) is 12.4 Å². The van der Waals surface area contributed by atoms with Crippen LogP contribution in [0.4, 0.5) is 4.39 Å². The molecule has 0 N–H and O–H groups in total. The van der Waals surface area contributed by atoms with Crippen molar-refractivity contribution in [1.82, 2.24) is 4.90 Å². The highest BCUT2D eigenvalue weighted by atomic mass is 79.9. The minimum Gasteiger partial charge on any atom is -0.490 e. The van der Waals surface area contributed by atoms with Gasteiger partial charge in [-0.15, -0.1) is 0 Å². The summed E-state index contributed by atoms with van der Waals surface area (Å²) in [4.78, 5) is 29.2. The molecular formula is C31H33BrFNO4. The van der Waals surface area contributed by atoms with Crippen LogP contribution in [0.3, 0.4) is 0 Å². The largest absolute Gasteiger partial charge is 0.490 e. The lowest BCUT2D eigenvalue weighted by atomic mass is 9.71. The van der Waals surface area contributed by atoms with Crippen molar-refractivity contribution in [3.63, 3.8) is 0 Å². The number of rotatable bonds is 8. The van der Waals surface area contributed by atoms with Gasteiger partial charge in [-0.05, 0) is 78.7 Å². The fourth-order valence-electron chi connectivity index (χ4n) is 5.97. The number of allylic oxidation sites excluding steroid dienone is 4. The standard InChI is InChI=1S/C31H33BrFNO4/c1-3-15-34-23-11-7-13-25(35)29(23)28(30-24(34)12-8-14-26(30)36)20-16-21(32)31(27(17-20)37-4-2)38-18-19-9-5-6-10-22(19)33/h5-6,9-10,16-17,28H,3-4,7-8,11-15,18H2,1-2H3. The number of halogens is 2. The molecular weight excluding hydrogens is 549 g/mol. The summed E-state index contributed by atoms with van der Waals surface area (Å²) in [5, 5.41) is 0. The van der Waals surface area contributed by atoms with E-state index in [0.717, 1.165) is 66.8 Å². The number of carbonyl (C=O) groups excluding carboxylic acids is 2. The van der Waals surface area contributed by atoms with Crippen LogP contribution in [0.15, 0.2) is 63.4 Å². The Kier molecular flexibility index (Phi) is 8.03. The first-order chi connectivity index (χ1) is 18.4. The number of carbonyl (C=O) groups is 2. The lowest BCUT2D eigenvalue weighted by molar-refractivity contribution is -0.117. The van der Waals surface area contributed by atoms with E-state index in [4.69, 9.17) is 9.47 Å². The molecule has 7 heteroatoms. The molecule has 0 bridgehead atoms. The first-order valence-electron chi connectivity index (χ1n) is 13.6. The van der Waals surface area contributed by atoms with E-state index >= 15 is 0 Å². The third kappa shape index (κ3) is 4.93. The van der Waals surface area contributed by atoms with Crippen molar-refractivity contribution in [2.24, 2.45) is 0 Å². The van der Waals surface area contributed by atoms with Crippen molar-refractivity contribution in [3.8, 4) is 11.5 Å². The molecule has 2 aromatic carbocycles. The van der Waals surface area contributed by atoms with Crippen molar-refractivity contribution in [3.05, 3.63) is 80.4 Å². The second-order valence-electron chi connectivity index (χ2n) is 10.0. The third-order valence-corrected chi connectivity index (χ3v) is 8.12. The molecule has 0 fully saturated rings. The Hall–Kier alpha value is -2.93. The van der Waals surface area contributed by atoms with Crippen LogP contribution in [0.2, 0.25) is 0 Å². The van der Waals surface area contributed by atoms with Crippen molar-refractivity contribution in [2.75, 3.05) is 13.2 Å². The van der Waals surface area contributed by atoms with Gasteiger partial charge >= 0.3 is 0 Å². The Morgan fingerprint density at radius 2 is 1.61 bits per heavy atom. The van der Waals surface area contributed by atoms with Gasteiger partial charge in [0.2, 0.25) is 0 Å². The van der Waals surface area contributed by atoms with E-state index in [-0.39, 0.29) is 24.0 Å². The van der Waals surface area contributed by atoms with Gasteiger partial charge in [0, 0.05) is 53.4 Å². The maximum atomic E-state index is 14.2. The monoisotopic (exact) mass is 581 g/mol. The van der Waals surface area contributed by atoms with Gasteiger partial charge < -0.3 is 14.4 Å². The number of Topliss-reactive ketones (excluding diaryl/α,β-unsaturated/α-hetero) is 2. The Labute approximate surface area is 231 Å². The molecule has 0 saturated heterocycles. The fraction of sp³-hybridized carbons (Fsp3) is 0.419. The van der Waals surface area contributed by atoms with E-state index in [0.29, 0.717) is 41.0 Å². The fourth-order valence-corrected chi connectivity index (χ4v) is 6.54. The molecule has 0 atom stereocenters. The van der Waals surface area contributed by atoms with E-state index in [1.54, 1.807) is 18.2 Å². The van der Waals surface area contributed by atoms with Crippen molar-refractivity contribution in [1.29, 1.82) is 0 Å². The first kappa shape index (κ1) is 26.7. The molecule has 3 aliphatic rings. The SMILES string of the molecule is CCCN1C2=C(C(=O)CCC2)C(c2cc(Br)c(OCc3ccccc3F)c(OCC)c2)C2=C1CCCC2=O. The number of ether oxygens (including phenoxy) is 2. The van der Waals surface area contributed by atoms with Crippen molar-refractivity contribution < 1.29 is 23.5 Å². The first-order valence-corrected chi connectivity index (χ1v) is 14.4. The van der Waals surface area contributed by atoms with Gasteiger partial charge in [0.05, 0.1) is 11.1 Å². The summed E-state index contributed by atoms with van der Waals surface area (Å²) in [6, 6.07) is 10.3. The molecule has 0 saturated carbocycles. The Balaban J connectivity index is 1.62. The Morgan fingerprint density at radius 1 is 0.947 bits per heavy atom. The lowest BCUT2D eigenvalue weighted by Crippen LogP contribution is -2.39. The second-order valence-corrected chi connectivity index (χ2v) is 10.9. The van der Waals surface area contributed by atoms with Crippen LogP contribution in [0.5, 0.6) is 11.5 Å². The van der Waals surface area contributed by atoms with Crippen LogP contribution in [0, 0.1) is 5.82 Å². The lowest BCUT2D eigenvalue weighted by Gasteiger charge is -2.44. The summed E-state index contributed by atoms with van der Waals surface area (Å²) < 4.78 is 26.9. The summed E-state index contributed by atoms with van der Waals surface area (Å²) in [5.41, 5.74) is 4.95. The van der Waals surface area contributed by atoms with Gasteiger partial charge in [-0.1, -0.05) is 25.1 Å². The molecule has 0 radical (unpaired) electrons. The molecule has 38 heavy (non-hydrogen) atoms. The molecule has 2 aromatic rings. The summed E-state index contributed by atoms with van der Waals surface area (Å²) in [5.74, 6) is 0.454. The Morgan fingerprint density at radius 3 is 2.21 bits per heavy atom. The second kappa shape index (κ2) is 11.4. The molecule has 5 nitrogen and oxygen atoms in total. The molecule has 0 spiro atoms. The summed E-state index contributed by atoms with van der Waals surface area (Å²) in [6.07, 6.45) is 5.27. The summed E-state index contributed by atoms with van der Waals surface area (Å²) in [7, 11) is 0. The molecule has 0 aromatic heterocycles. The molecule has 0 unspecified atom stereocenters. The zero-order valence-electron chi connectivity index (χ0n) is 21.9. The topological polar surface area (TPSA) is 55.8 Å². The highest BCUT2D eigenvalue weighted by Crippen LogP contribution is 2.51. The average molecular weight is 583 g/mol. The van der Waals surface area contributed by atoms with Crippen LogP contribution in [0.1, 0.15) is 75.8 Å². The summed E-state index contributed by atoms with van der Waals surface area (Å²) >= 11 is 3.66. The minimum atomic E-state index is -0.426. The number of nitrogens with zero attached hydrogens (tertiary/aromatic N) is 1. The van der Waals surface area contributed by atoms with Crippen LogP contribution in [-0.2, 0) is 16.2 Å². The maximum Gasteiger partial charge on any atom is 0.175 e. The van der Waals surface area contributed by atoms with Gasteiger partial charge in [-0.25, -0.2) is 4.39 Å². The van der Waals surface area contributed by atoms with E-state index in [9.17, 15) is 14.0 Å². The highest BCUT2D eigenvalue weighted by molar-refractivity contribution is 9.10. The van der Waals surface area contributed by atoms with Gasteiger partial charge in [-0.2, -0.15) is 0 Å². The number of benzene rings is 2. The molecule has 200 valence electrons. The molecule has 0 amide bonds. The number of ketones is 2. The number of hydrogen-bond acceptors (Lipinski definition) is 5. The summed E-state index contributed by atoms with van der Waals surface area (Å²) in [6.45, 7) is 5.28. The van der Waals surface area contributed by atoms with E-state index in [2.05, 4.69) is 27.8 Å². The Bertz CT molecular complexity index is 1290. The predicted octanol–water partition coefficient (Wildman–Crippen LogP) is 7.39. The van der Waals surface area contributed by atoms with Gasteiger partial charge in [0.15, 0.2) is 23.1 Å². The number of hydrogen-bond donors (Lipinski definition) is 0. The zero-order chi connectivity index (χ0) is 26.8. The zero-order valence-corrected chi connectivity index (χ0v) is 23.5. The molecule has 2 aliphatic carbocycles. The van der Waals surface area contributed by atoms with Crippen molar-refractivity contribution >= 4 is 27.5 Å². The minimum absolute atomic E-state index is 0.0433. The maximum absolute atomic E-state index is 14.2. The average Bonchev–Trinajstić information content (AvgIpc) is 2.90. The van der Waals surface area contributed by atoms with Crippen LogP contribution < -0.4 is 9.47 Å². The third-order valence-electron chi connectivity index (χ3n) is 7.53. The molecule has 1 aliphatic heterocycles. The van der Waals surface area contributed by atoms with Crippen LogP contribution in [-0.4, -0.2) is 29.6 Å². The normalized spacial score (nSPS) is 18.1. The van der Waals surface area contributed by atoms with Crippen LogP contribution in [0.25, 0.3) is 0 Å². The smallest absolute Gasteiger partial charge is 0.175 e. The highest BCUT2D eigenvalue weighted by Gasteiger charge is 2.43. The van der Waals surface area contributed by atoms with E-state index in [1.165, 1.54) is 6.07 Å². The van der Waals surface area contributed by atoms with Crippen molar-refractivity contribution in [2.45, 2.75) is 71.3 Å². The van der Waals surface area contributed by atoms with Crippen LogP contribution >= 0.6 is 15.9 Å².